The molecule has 0 spiro atoms. The Balaban J connectivity index is 2.43. The number of hydrogen-bond donors (Lipinski definition) is 0. The minimum atomic E-state index is 0.862. The van der Waals surface area contributed by atoms with Crippen molar-refractivity contribution >= 4 is 12.1 Å². The molecule has 1 aromatic rings. The maximum Gasteiger partial charge on any atom is 0.214 e. The number of rotatable bonds is 1. The molecule has 0 bridgehead atoms. The molecular formula is C10H11NO. The molecule has 0 saturated carbocycles. The zero-order valence-electron chi connectivity index (χ0n) is 6.86. The molecule has 2 heteroatoms. The summed E-state index contributed by atoms with van der Waals surface area (Å²) in [7, 11) is 0. The molecule has 1 aliphatic heterocycles. The van der Waals surface area contributed by atoms with Crippen LogP contribution in [-0.4, -0.2) is 13.0 Å². The molecule has 1 aliphatic rings. The van der Waals surface area contributed by atoms with Gasteiger partial charge >= 0.3 is 0 Å². The summed E-state index contributed by atoms with van der Waals surface area (Å²) < 4.78 is 0. The maximum atomic E-state index is 10.6. The lowest BCUT2D eigenvalue weighted by Crippen LogP contribution is -2.27. The van der Waals surface area contributed by atoms with Crippen molar-refractivity contribution in [1.82, 2.24) is 0 Å². The first-order chi connectivity index (χ1) is 5.92. The summed E-state index contributed by atoms with van der Waals surface area (Å²) in [6.07, 6.45) is 3.09. The number of aryl methyl sites for hydroxylation is 1. The van der Waals surface area contributed by atoms with E-state index in [-0.39, 0.29) is 0 Å². The number of anilines is 1. The van der Waals surface area contributed by atoms with Crippen LogP contribution in [0.3, 0.4) is 0 Å². The first-order valence-corrected chi connectivity index (χ1v) is 4.21. The standard InChI is InChI=1S/C10H11NO/c12-8-11-7-3-5-9-4-1-2-6-10(9)11/h1-2,4,6,8H,3,5,7H2. The van der Waals surface area contributed by atoms with Crippen LogP contribution in [0.15, 0.2) is 24.3 Å². The van der Waals surface area contributed by atoms with Crippen LogP contribution < -0.4 is 4.90 Å². The predicted molar refractivity (Wildman–Crippen MR) is 48.2 cm³/mol. The molecule has 0 saturated heterocycles. The molecule has 0 aliphatic carbocycles. The Labute approximate surface area is 71.8 Å². The molecule has 0 radical (unpaired) electrons. The average molecular weight is 161 g/mol. The zero-order valence-corrected chi connectivity index (χ0v) is 6.86. The van der Waals surface area contributed by atoms with Gasteiger partial charge in [-0.2, -0.15) is 0 Å². The second-order valence-corrected chi connectivity index (χ2v) is 3.03. The fraction of sp³-hybridized carbons (Fsp3) is 0.300. The van der Waals surface area contributed by atoms with Gasteiger partial charge < -0.3 is 4.90 Å². The highest BCUT2D eigenvalue weighted by molar-refractivity contribution is 5.77. The molecular weight excluding hydrogens is 150 g/mol. The summed E-state index contributed by atoms with van der Waals surface area (Å²) in [5, 5.41) is 0. The number of benzene rings is 1. The van der Waals surface area contributed by atoms with Crippen molar-refractivity contribution in [2.45, 2.75) is 12.8 Å². The minimum absolute atomic E-state index is 0.862. The molecule has 1 aromatic carbocycles. The Morgan fingerprint density at radius 2 is 2.17 bits per heavy atom. The zero-order chi connectivity index (χ0) is 8.39. The third kappa shape index (κ3) is 1.09. The number of para-hydroxylation sites is 1. The van der Waals surface area contributed by atoms with Crippen LogP contribution in [0.2, 0.25) is 0 Å². The van der Waals surface area contributed by atoms with Crippen molar-refractivity contribution in [3.05, 3.63) is 29.8 Å². The van der Waals surface area contributed by atoms with E-state index in [0.717, 1.165) is 31.5 Å². The van der Waals surface area contributed by atoms with E-state index < -0.39 is 0 Å². The number of amides is 1. The molecule has 1 amide bonds. The molecule has 0 unspecified atom stereocenters. The third-order valence-electron chi connectivity index (χ3n) is 2.27. The van der Waals surface area contributed by atoms with Crippen LogP contribution in [0.25, 0.3) is 0 Å². The van der Waals surface area contributed by atoms with Crippen LogP contribution in [0.4, 0.5) is 5.69 Å². The van der Waals surface area contributed by atoms with Crippen LogP contribution in [0.5, 0.6) is 0 Å². The van der Waals surface area contributed by atoms with Gasteiger partial charge in [0.25, 0.3) is 0 Å². The second-order valence-electron chi connectivity index (χ2n) is 3.03. The molecule has 0 N–H and O–H groups in total. The molecule has 0 aromatic heterocycles. The lowest BCUT2D eigenvalue weighted by atomic mass is 10.0. The number of nitrogens with zero attached hydrogens (tertiary/aromatic N) is 1. The third-order valence-corrected chi connectivity index (χ3v) is 2.27. The summed E-state index contributed by atoms with van der Waals surface area (Å²) in [6, 6.07) is 8.08. The van der Waals surface area contributed by atoms with Crippen LogP contribution in [0.1, 0.15) is 12.0 Å². The van der Waals surface area contributed by atoms with Gasteiger partial charge in [0.1, 0.15) is 0 Å². The normalized spacial score (nSPS) is 15.5. The Kier molecular flexibility index (Phi) is 1.82. The molecule has 0 fully saturated rings. The Bertz CT molecular complexity index is 296. The van der Waals surface area contributed by atoms with Crippen LogP contribution in [-0.2, 0) is 11.2 Å². The summed E-state index contributed by atoms with van der Waals surface area (Å²) in [6.45, 7) is 0.862. The molecule has 62 valence electrons. The van der Waals surface area contributed by atoms with Gasteiger partial charge in [-0.05, 0) is 24.5 Å². The Morgan fingerprint density at radius 1 is 1.33 bits per heavy atom. The topological polar surface area (TPSA) is 20.3 Å². The highest BCUT2D eigenvalue weighted by Crippen LogP contribution is 2.24. The monoisotopic (exact) mass is 161 g/mol. The molecule has 12 heavy (non-hydrogen) atoms. The predicted octanol–water partition coefficient (Wildman–Crippen LogP) is 1.60. The van der Waals surface area contributed by atoms with E-state index in [0.29, 0.717) is 0 Å². The fourth-order valence-electron chi connectivity index (χ4n) is 1.67. The number of hydrogen-bond acceptors (Lipinski definition) is 1. The fourth-order valence-corrected chi connectivity index (χ4v) is 1.67. The van der Waals surface area contributed by atoms with E-state index in [4.69, 9.17) is 0 Å². The van der Waals surface area contributed by atoms with Crippen molar-refractivity contribution in [2.24, 2.45) is 0 Å². The van der Waals surface area contributed by atoms with Crippen LogP contribution >= 0.6 is 0 Å². The van der Waals surface area contributed by atoms with Crippen molar-refractivity contribution < 1.29 is 4.79 Å². The lowest BCUT2D eigenvalue weighted by molar-refractivity contribution is -0.107. The number of carbonyl (C=O) groups excluding carboxylic acids is 1. The van der Waals surface area contributed by atoms with Crippen molar-refractivity contribution in [3.63, 3.8) is 0 Å². The van der Waals surface area contributed by atoms with Gasteiger partial charge in [0.2, 0.25) is 6.41 Å². The van der Waals surface area contributed by atoms with Gasteiger partial charge in [0, 0.05) is 12.2 Å². The van der Waals surface area contributed by atoms with Gasteiger partial charge in [-0.15, -0.1) is 0 Å². The SMILES string of the molecule is O=CN1CCCc2ccccc21. The highest BCUT2D eigenvalue weighted by Gasteiger charge is 2.14. The number of fused-ring (bicyclic) bond motifs is 1. The summed E-state index contributed by atoms with van der Waals surface area (Å²) in [4.78, 5) is 12.4. The van der Waals surface area contributed by atoms with Gasteiger partial charge in [0.05, 0.1) is 0 Å². The summed E-state index contributed by atoms with van der Waals surface area (Å²) in [5.74, 6) is 0. The smallest absolute Gasteiger partial charge is 0.214 e. The minimum Gasteiger partial charge on any atom is -0.315 e. The van der Waals surface area contributed by atoms with E-state index in [1.165, 1.54) is 5.56 Å². The van der Waals surface area contributed by atoms with Gasteiger partial charge in [-0.25, -0.2) is 0 Å². The average Bonchev–Trinajstić information content (AvgIpc) is 2.17. The number of carbonyl (C=O) groups is 1. The Morgan fingerprint density at radius 3 is 3.00 bits per heavy atom. The summed E-state index contributed by atoms with van der Waals surface area (Å²) >= 11 is 0. The van der Waals surface area contributed by atoms with E-state index in [2.05, 4.69) is 6.07 Å². The highest BCUT2D eigenvalue weighted by atomic mass is 16.1. The molecule has 2 nitrogen and oxygen atoms in total. The maximum absolute atomic E-state index is 10.6. The molecule has 0 atom stereocenters. The van der Waals surface area contributed by atoms with E-state index in [1.54, 1.807) is 4.90 Å². The van der Waals surface area contributed by atoms with E-state index >= 15 is 0 Å². The van der Waals surface area contributed by atoms with E-state index in [1.807, 2.05) is 18.2 Å². The first kappa shape index (κ1) is 7.35. The van der Waals surface area contributed by atoms with Gasteiger partial charge in [-0.1, -0.05) is 18.2 Å². The second kappa shape index (κ2) is 2.97. The summed E-state index contributed by atoms with van der Waals surface area (Å²) in [5.41, 5.74) is 2.37. The molecule has 1 heterocycles. The lowest BCUT2D eigenvalue weighted by Gasteiger charge is -2.25. The largest absolute Gasteiger partial charge is 0.315 e. The van der Waals surface area contributed by atoms with E-state index in [9.17, 15) is 4.79 Å². The molecule has 2 rings (SSSR count). The van der Waals surface area contributed by atoms with Gasteiger partial charge in [0.15, 0.2) is 0 Å². The first-order valence-electron chi connectivity index (χ1n) is 4.21. The quantitative estimate of drug-likeness (QED) is 0.573. The van der Waals surface area contributed by atoms with Crippen molar-refractivity contribution in [1.29, 1.82) is 0 Å². The Hall–Kier alpha value is -1.31. The van der Waals surface area contributed by atoms with Crippen LogP contribution in [0, 0.1) is 0 Å². The van der Waals surface area contributed by atoms with Crippen molar-refractivity contribution in [3.8, 4) is 0 Å². The van der Waals surface area contributed by atoms with Crippen molar-refractivity contribution in [2.75, 3.05) is 11.4 Å². The van der Waals surface area contributed by atoms with Gasteiger partial charge in [-0.3, -0.25) is 4.79 Å².